The first-order valence-corrected chi connectivity index (χ1v) is 3.43. The predicted octanol–water partition coefficient (Wildman–Crippen LogP) is 2.18. The fraction of sp³-hybridized carbons (Fsp3) is 0.600. The molecule has 2 nitrogen and oxygen atoms in total. The summed E-state index contributed by atoms with van der Waals surface area (Å²) in [5.41, 5.74) is 0. The smallest absolute Gasteiger partial charge is 0.271 e. The number of allylic oxidation sites excluding steroid dienone is 1. The van der Waals surface area contributed by atoms with Crippen LogP contribution in [-0.4, -0.2) is 21.5 Å². The first kappa shape index (κ1) is 8.92. The van der Waals surface area contributed by atoms with Gasteiger partial charge >= 0.3 is 0 Å². The Labute approximate surface area is 63.7 Å². The summed E-state index contributed by atoms with van der Waals surface area (Å²) < 4.78 is 0. The lowest BCUT2D eigenvalue weighted by Crippen LogP contribution is -1.95. The van der Waals surface area contributed by atoms with Crippen LogP contribution in [0, 0.1) is 0 Å². The number of aliphatic hydroxyl groups excluding tert-OH is 1. The SMILES string of the molecule is OC(O)=CC(Cl)CCCl. The van der Waals surface area contributed by atoms with Crippen LogP contribution in [0.2, 0.25) is 0 Å². The number of halogens is 2. The molecule has 0 aliphatic rings. The minimum absolute atomic E-state index is 0.382. The van der Waals surface area contributed by atoms with Crippen molar-refractivity contribution in [3.05, 3.63) is 12.0 Å². The van der Waals surface area contributed by atoms with Crippen LogP contribution in [0.25, 0.3) is 0 Å². The van der Waals surface area contributed by atoms with E-state index >= 15 is 0 Å². The number of aliphatic hydroxyl groups is 2. The van der Waals surface area contributed by atoms with Crippen LogP contribution in [0.1, 0.15) is 6.42 Å². The third-order valence-corrected chi connectivity index (χ3v) is 1.28. The summed E-state index contributed by atoms with van der Waals surface area (Å²) in [4.78, 5) is 0. The van der Waals surface area contributed by atoms with Crippen LogP contribution in [0.5, 0.6) is 0 Å². The van der Waals surface area contributed by atoms with Crippen molar-refractivity contribution in [2.24, 2.45) is 0 Å². The molecule has 0 saturated heterocycles. The fourth-order valence-corrected chi connectivity index (χ4v) is 0.918. The Bertz CT molecular complexity index is 99.1. The number of alkyl halides is 2. The van der Waals surface area contributed by atoms with E-state index in [9.17, 15) is 0 Å². The molecule has 0 aliphatic carbocycles. The van der Waals surface area contributed by atoms with E-state index in [0.717, 1.165) is 6.08 Å². The molecule has 0 amide bonds. The third kappa shape index (κ3) is 5.80. The van der Waals surface area contributed by atoms with E-state index in [1.54, 1.807) is 0 Å². The summed E-state index contributed by atoms with van der Waals surface area (Å²) in [6.07, 6.45) is 1.66. The molecule has 0 radical (unpaired) electrons. The fourth-order valence-electron chi connectivity index (χ4n) is 0.349. The summed E-state index contributed by atoms with van der Waals surface area (Å²) in [7, 11) is 0. The van der Waals surface area contributed by atoms with Crippen LogP contribution >= 0.6 is 23.2 Å². The molecule has 0 aliphatic heterocycles. The zero-order chi connectivity index (χ0) is 7.28. The lowest BCUT2D eigenvalue weighted by atomic mass is 10.3. The van der Waals surface area contributed by atoms with Gasteiger partial charge in [-0.15, -0.1) is 23.2 Å². The Balaban J connectivity index is 3.49. The highest BCUT2D eigenvalue weighted by Crippen LogP contribution is 2.05. The van der Waals surface area contributed by atoms with Gasteiger partial charge < -0.3 is 10.2 Å². The van der Waals surface area contributed by atoms with Crippen molar-refractivity contribution < 1.29 is 10.2 Å². The Morgan fingerprint density at radius 1 is 1.56 bits per heavy atom. The molecule has 1 unspecified atom stereocenters. The van der Waals surface area contributed by atoms with Crippen molar-refractivity contribution in [3.63, 3.8) is 0 Å². The molecule has 0 saturated carbocycles. The molecule has 0 bridgehead atoms. The Morgan fingerprint density at radius 2 is 2.11 bits per heavy atom. The van der Waals surface area contributed by atoms with Gasteiger partial charge in [0.25, 0.3) is 5.95 Å². The molecule has 0 rings (SSSR count). The first-order chi connectivity index (χ1) is 4.16. The average Bonchev–Trinajstić information content (AvgIpc) is 1.63. The molecule has 1 atom stereocenters. The monoisotopic (exact) mass is 170 g/mol. The van der Waals surface area contributed by atoms with Gasteiger partial charge in [-0.1, -0.05) is 0 Å². The Morgan fingerprint density at radius 3 is 2.44 bits per heavy atom. The van der Waals surface area contributed by atoms with Gasteiger partial charge in [0.2, 0.25) is 0 Å². The molecule has 0 aromatic heterocycles. The quantitative estimate of drug-likeness (QED) is 0.504. The normalized spacial score (nSPS) is 12.7. The summed E-state index contributed by atoms with van der Waals surface area (Å²) in [5, 5.41) is 16.1. The summed E-state index contributed by atoms with van der Waals surface area (Å²) in [6.45, 7) is 0. The highest BCUT2D eigenvalue weighted by molar-refractivity contribution is 6.23. The van der Waals surface area contributed by atoms with Crippen LogP contribution in [-0.2, 0) is 0 Å². The number of hydrogen-bond donors (Lipinski definition) is 2. The predicted molar refractivity (Wildman–Crippen MR) is 38.3 cm³/mol. The zero-order valence-electron chi connectivity index (χ0n) is 4.72. The summed E-state index contributed by atoms with van der Waals surface area (Å²) in [5.74, 6) is -0.335. The van der Waals surface area contributed by atoms with E-state index in [-0.39, 0.29) is 5.38 Å². The molecule has 0 fully saturated rings. The van der Waals surface area contributed by atoms with Gasteiger partial charge in [0, 0.05) is 12.0 Å². The molecule has 54 valence electrons. The van der Waals surface area contributed by atoms with Gasteiger partial charge in [0.05, 0.1) is 5.38 Å². The van der Waals surface area contributed by atoms with Crippen molar-refractivity contribution in [3.8, 4) is 0 Å². The Kier molecular flexibility index (Phi) is 4.72. The average molecular weight is 171 g/mol. The lowest BCUT2D eigenvalue weighted by Gasteiger charge is -1.97. The lowest BCUT2D eigenvalue weighted by molar-refractivity contribution is 0.189. The number of rotatable bonds is 3. The van der Waals surface area contributed by atoms with E-state index in [1.807, 2.05) is 0 Å². The Hall–Kier alpha value is -0.0800. The standard InChI is InChI=1S/C5H8Cl2O2/c6-2-1-4(7)3-5(8)9/h3-4,8-9H,1-2H2. The molecule has 9 heavy (non-hydrogen) atoms. The largest absolute Gasteiger partial charge is 0.481 e. The second kappa shape index (κ2) is 4.77. The maximum absolute atomic E-state index is 8.24. The van der Waals surface area contributed by atoms with E-state index < -0.39 is 5.95 Å². The zero-order valence-corrected chi connectivity index (χ0v) is 6.23. The van der Waals surface area contributed by atoms with Crippen LogP contribution in [0.3, 0.4) is 0 Å². The molecule has 0 spiro atoms. The van der Waals surface area contributed by atoms with Crippen LogP contribution in [0.4, 0.5) is 0 Å². The maximum Gasteiger partial charge on any atom is 0.271 e. The summed E-state index contributed by atoms with van der Waals surface area (Å²) >= 11 is 10.8. The second-order valence-corrected chi connectivity index (χ2v) is 2.46. The molecular formula is C5H8Cl2O2. The van der Waals surface area contributed by atoms with Gasteiger partial charge in [-0.3, -0.25) is 0 Å². The van der Waals surface area contributed by atoms with Gasteiger partial charge in [-0.25, -0.2) is 0 Å². The van der Waals surface area contributed by atoms with Crippen molar-refractivity contribution in [2.45, 2.75) is 11.8 Å². The maximum atomic E-state index is 8.24. The van der Waals surface area contributed by atoms with Crippen molar-refractivity contribution in [1.29, 1.82) is 0 Å². The molecular weight excluding hydrogens is 163 g/mol. The molecule has 4 heteroatoms. The van der Waals surface area contributed by atoms with Crippen molar-refractivity contribution in [1.82, 2.24) is 0 Å². The third-order valence-electron chi connectivity index (χ3n) is 0.715. The molecule has 0 heterocycles. The topological polar surface area (TPSA) is 40.5 Å². The van der Waals surface area contributed by atoms with Crippen LogP contribution in [0.15, 0.2) is 12.0 Å². The first-order valence-electron chi connectivity index (χ1n) is 2.46. The van der Waals surface area contributed by atoms with Crippen molar-refractivity contribution >= 4 is 23.2 Å². The highest BCUT2D eigenvalue weighted by atomic mass is 35.5. The summed E-state index contributed by atoms with van der Waals surface area (Å²) in [6, 6.07) is 0. The molecule has 2 N–H and O–H groups in total. The second-order valence-electron chi connectivity index (χ2n) is 1.52. The van der Waals surface area contributed by atoms with Gasteiger partial charge in [0.15, 0.2) is 0 Å². The highest BCUT2D eigenvalue weighted by Gasteiger charge is 1.99. The van der Waals surface area contributed by atoms with E-state index in [1.165, 1.54) is 0 Å². The molecule has 0 aromatic rings. The number of hydrogen-bond acceptors (Lipinski definition) is 2. The van der Waals surface area contributed by atoms with Gasteiger partial charge in [-0.05, 0) is 6.42 Å². The van der Waals surface area contributed by atoms with E-state index in [4.69, 9.17) is 33.4 Å². The van der Waals surface area contributed by atoms with Crippen molar-refractivity contribution in [2.75, 3.05) is 5.88 Å². The van der Waals surface area contributed by atoms with Gasteiger partial charge in [-0.2, -0.15) is 0 Å². The van der Waals surface area contributed by atoms with Crippen LogP contribution < -0.4 is 0 Å². The van der Waals surface area contributed by atoms with E-state index in [0.29, 0.717) is 12.3 Å². The van der Waals surface area contributed by atoms with E-state index in [2.05, 4.69) is 0 Å². The van der Waals surface area contributed by atoms with Gasteiger partial charge in [0.1, 0.15) is 0 Å². The minimum atomic E-state index is -0.750. The molecule has 0 aromatic carbocycles. The minimum Gasteiger partial charge on any atom is -0.481 e.